The summed E-state index contributed by atoms with van der Waals surface area (Å²) in [6, 6.07) is 10.5. The van der Waals surface area contributed by atoms with Crippen molar-refractivity contribution in [1.82, 2.24) is 19.7 Å². The van der Waals surface area contributed by atoms with Crippen molar-refractivity contribution in [3.63, 3.8) is 0 Å². The van der Waals surface area contributed by atoms with E-state index in [0.717, 1.165) is 47.1 Å². The molecule has 4 rings (SSSR count). The first kappa shape index (κ1) is 18.0. The molecule has 1 aliphatic heterocycles. The van der Waals surface area contributed by atoms with Crippen molar-refractivity contribution in [2.75, 3.05) is 25.0 Å². The van der Waals surface area contributed by atoms with Crippen molar-refractivity contribution < 1.29 is 4.79 Å². The lowest BCUT2D eigenvalue weighted by Crippen LogP contribution is -2.48. The van der Waals surface area contributed by atoms with Crippen LogP contribution in [0.3, 0.4) is 0 Å². The molecule has 1 atom stereocenters. The molecule has 1 amide bonds. The van der Waals surface area contributed by atoms with Crippen molar-refractivity contribution in [1.29, 1.82) is 0 Å². The van der Waals surface area contributed by atoms with Crippen LogP contribution in [0.1, 0.15) is 23.2 Å². The van der Waals surface area contributed by atoms with Crippen LogP contribution in [0, 0.1) is 0 Å². The van der Waals surface area contributed by atoms with Gasteiger partial charge in [0.05, 0.1) is 17.3 Å². The average Bonchev–Trinajstić information content (AvgIpc) is 3.12. The number of nitrogens with zero attached hydrogens (tertiary/aromatic N) is 5. The maximum Gasteiger partial charge on any atom is 0.257 e. The number of hydrogen-bond acceptors (Lipinski definition) is 4. The fraction of sp³-hybridized carbons (Fsp3) is 0.350. The number of anilines is 1. The number of pyridine rings is 1. The van der Waals surface area contributed by atoms with E-state index in [9.17, 15) is 4.79 Å². The molecule has 1 aromatic carbocycles. The van der Waals surface area contributed by atoms with Gasteiger partial charge in [-0.05, 0) is 37.1 Å². The smallest absolute Gasteiger partial charge is 0.257 e. The lowest BCUT2D eigenvalue weighted by Gasteiger charge is -2.38. The SMILES string of the molecule is CN(C(=O)c1cnn(C)c1)C1CCCN(c2ccc3ccc(Br)cc3n2)C1. The normalized spacial score (nSPS) is 17.3. The molecule has 0 spiro atoms. The van der Waals surface area contributed by atoms with Gasteiger partial charge in [-0.15, -0.1) is 0 Å². The first-order valence-corrected chi connectivity index (χ1v) is 9.87. The van der Waals surface area contributed by atoms with Gasteiger partial charge in [0.1, 0.15) is 5.82 Å². The maximum absolute atomic E-state index is 12.7. The highest BCUT2D eigenvalue weighted by Crippen LogP contribution is 2.25. The Morgan fingerprint density at radius 2 is 2.11 bits per heavy atom. The summed E-state index contributed by atoms with van der Waals surface area (Å²) in [4.78, 5) is 21.7. The third-order valence-corrected chi connectivity index (χ3v) is 5.67. The molecule has 27 heavy (non-hydrogen) atoms. The molecule has 3 heterocycles. The molecule has 1 unspecified atom stereocenters. The van der Waals surface area contributed by atoms with Crippen LogP contribution in [-0.4, -0.2) is 51.8 Å². The van der Waals surface area contributed by atoms with Gasteiger partial charge in [-0.25, -0.2) is 4.98 Å². The second-order valence-electron chi connectivity index (χ2n) is 7.07. The molecule has 1 saturated heterocycles. The molecule has 140 valence electrons. The summed E-state index contributed by atoms with van der Waals surface area (Å²) in [5, 5.41) is 5.23. The summed E-state index contributed by atoms with van der Waals surface area (Å²) in [7, 11) is 3.71. The molecule has 0 bridgehead atoms. The van der Waals surface area contributed by atoms with Crippen molar-refractivity contribution >= 4 is 38.6 Å². The Balaban J connectivity index is 1.53. The molecule has 2 aromatic heterocycles. The molecule has 0 radical (unpaired) electrons. The van der Waals surface area contributed by atoms with Gasteiger partial charge in [-0.1, -0.05) is 22.0 Å². The largest absolute Gasteiger partial charge is 0.355 e. The second kappa shape index (κ2) is 7.31. The van der Waals surface area contributed by atoms with Crippen LogP contribution >= 0.6 is 15.9 Å². The quantitative estimate of drug-likeness (QED) is 0.641. The Labute approximate surface area is 166 Å². The molecule has 7 heteroatoms. The highest BCUT2D eigenvalue weighted by molar-refractivity contribution is 9.10. The molecular formula is C20H22BrN5O. The molecular weight excluding hydrogens is 406 g/mol. The maximum atomic E-state index is 12.7. The first-order chi connectivity index (χ1) is 13.0. The van der Waals surface area contributed by atoms with Gasteiger partial charge >= 0.3 is 0 Å². The number of piperidine rings is 1. The monoisotopic (exact) mass is 427 g/mol. The van der Waals surface area contributed by atoms with E-state index < -0.39 is 0 Å². The van der Waals surface area contributed by atoms with Crippen LogP contribution < -0.4 is 4.90 Å². The number of carbonyl (C=O) groups is 1. The predicted octanol–water partition coefficient (Wildman–Crippen LogP) is 3.47. The number of amides is 1. The van der Waals surface area contributed by atoms with E-state index in [1.54, 1.807) is 17.1 Å². The number of halogens is 1. The Kier molecular flexibility index (Phi) is 4.86. The van der Waals surface area contributed by atoms with Crippen LogP contribution in [0.5, 0.6) is 0 Å². The van der Waals surface area contributed by atoms with E-state index in [-0.39, 0.29) is 11.9 Å². The zero-order valence-corrected chi connectivity index (χ0v) is 17.1. The van der Waals surface area contributed by atoms with Gasteiger partial charge in [-0.2, -0.15) is 5.10 Å². The van der Waals surface area contributed by atoms with Crippen LogP contribution in [0.15, 0.2) is 47.2 Å². The first-order valence-electron chi connectivity index (χ1n) is 9.08. The third-order valence-electron chi connectivity index (χ3n) is 5.18. The molecule has 6 nitrogen and oxygen atoms in total. The van der Waals surface area contributed by atoms with Crippen molar-refractivity contribution in [2.24, 2.45) is 7.05 Å². The van der Waals surface area contributed by atoms with E-state index in [0.29, 0.717) is 5.56 Å². The van der Waals surface area contributed by atoms with Crippen LogP contribution in [0.25, 0.3) is 10.9 Å². The Morgan fingerprint density at radius 3 is 2.89 bits per heavy atom. The van der Waals surface area contributed by atoms with Crippen molar-refractivity contribution in [3.05, 3.63) is 52.8 Å². The number of rotatable bonds is 3. The fourth-order valence-corrected chi connectivity index (χ4v) is 3.98. The van der Waals surface area contributed by atoms with Gasteiger partial charge in [0.2, 0.25) is 0 Å². The van der Waals surface area contributed by atoms with E-state index in [2.05, 4.69) is 44.1 Å². The molecule has 0 N–H and O–H groups in total. The molecule has 0 aliphatic carbocycles. The average molecular weight is 428 g/mol. The van der Waals surface area contributed by atoms with Gasteiger partial charge in [-0.3, -0.25) is 9.48 Å². The molecule has 3 aromatic rings. The number of likely N-dealkylation sites (N-methyl/N-ethyl adjacent to an activating group) is 1. The summed E-state index contributed by atoms with van der Waals surface area (Å²) in [5.41, 5.74) is 1.61. The van der Waals surface area contributed by atoms with Gasteiger partial charge in [0.15, 0.2) is 0 Å². The van der Waals surface area contributed by atoms with Gasteiger partial charge < -0.3 is 9.80 Å². The Hall–Kier alpha value is -2.41. The summed E-state index contributed by atoms with van der Waals surface area (Å²) >= 11 is 3.52. The van der Waals surface area contributed by atoms with Crippen LogP contribution in [0.2, 0.25) is 0 Å². The fourth-order valence-electron chi connectivity index (χ4n) is 3.64. The highest BCUT2D eigenvalue weighted by Gasteiger charge is 2.28. The lowest BCUT2D eigenvalue weighted by molar-refractivity contribution is 0.0717. The molecule has 1 fully saturated rings. The zero-order valence-electron chi connectivity index (χ0n) is 15.5. The summed E-state index contributed by atoms with van der Waals surface area (Å²) < 4.78 is 2.68. The van der Waals surface area contributed by atoms with Crippen molar-refractivity contribution in [3.8, 4) is 0 Å². The molecule has 0 saturated carbocycles. The minimum Gasteiger partial charge on any atom is -0.355 e. The van der Waals surface area contributed by atoms with E-state index in [4.69, 9.17) is 4.98 Å². The standard InChI is InChI=1S/C20H22BrN5O/c1-24-12-15(11-22-24)20(27)25(2)17-4-3-9-26(13-17)19-8-6-14-5-7-16(21)10-18(14)23-19/h5-8,10-12,17H,3-4,9,13H2,1-2H3. The number of aryl methyl sites for hydroxylation is 1. The zero-order chi connectivity index (χ0) is 19.0. The predicted molar refractivity (Wildman–Crippen MR) is 110 cm³/mol. The van der Waals surface area contributed by atoms with Crippen LogP contribution in [0.4, 0.5) is 5.82 Å². The third kappa shape index (κ3) is 3.69. The number of benzene rings is 1. The highest BCUT2D eigenvalue weighted by atomic mass is 79.9. The number of fused-ring (bicyclic) bond motifs is 1. The number of carbonyl (C=O) groups excluding carboxylic acids is 1. The minimum absolute atomic E-state index is 0.0188. The lowest BCUT2D eigenvalue weighted by atomic mass is 10.0. The summed E-state index contributed by atoms with van der Waals surface area (Å²) in [6.45, 7) is 1.74. The topological polar surface area (TPSA) is 54.3 Å². The Morgan fingerprint density at radius 1 is 1.30 bits per heavy atom. The Bertz CT molecular complexity index is 985. The van der Waals surface area contributed by atoms with Gasteiger partial charge in [0.25, 0.3) is 5.91 Å². The number of aromatic nitrogens is 3. The minimum atomic E-state index is 0.0188. The van der Waals surface area contributed by atoms with Crippen molar-refractivity contribution in [2.45, 2.75) is 18.9 Å². The summed E-state index contributed by atoms with van der Waals surface area (Å²) in [5.74, 6) is 0.984. The second-order valence-corrected chi connectivity index (χ2v) is 7.98. The molecule has 1 aliphatic rings. The summed E-state index contributed by atoms with van der Waals surface area (Å²) in [6.07, 6.45) is 5.43. The van der Waals surface area contributed by atoms with E-state index in [1.165, 1.54) is 0 Å². The van der Waals surface area contributed by atoms with E-state index in [1.807, 2.05) is 31.1 Å². The van der Waals surface area contributed by atoms with Gasteiger partial charge in [0, 0.05) is 49.3 Å². The number of hydrogen-bond donors (Lipinski definition) is 0. The van der Waals surface area contributed by atoms with E-state index >= 15 is 0 Å². The van der Waals surface area contributed by atoms with Crippen LogP contribution in [-0.2, 0) is 7.05 Å².